The van der Waals surface area contributed by atoms with Gasteiger partial charge in [0.05, 0.1) is 24.4 Å². The van der Waals surface area contributed by atoms with Crippen LogP contribution in [0.2, 0.25) is 0 Å². The van der Waals surface area contributed by atoms with E-state index < -0.39 is 11.9 Å². The van der Waals surface area contributed by atoms with Crippen molar-refractivity contribution in [1.29, 1.82) is 0 Å². The van der Waals surface area contributed by atoms with Crippen molar-refractivity contribution in [3.8, 4) is 11.4 Å². The number of fused-ring (bicyclic) bond motifs is 1. The van der Waals surface area contributed by atoms with Crippen molar-refractivity contribution in [3.05, 3.63) is 72.2 Å². The average molecular weight is 558 g/mol. The minimum atomic E-state index is -0.966. The standard InChI is InChI=1S/C30H32FN7O3/c1-20(17-29(39)40)30(41)36-15-13-35(14-16-36)27-9-3-7-23(33-27)25-19-32-26-10-11-28(34-38(25)26)37-12-4-8-24(37)21-5-2-6-22(31)18-21/h2-3,5-7,9-11,18-20,24H,4,8,12-17H2,1H3,(H,39,40)/t20?,24-/m1/s1. The second-order valence-corrected chi connectivity index (χ2v) is 10.7. The molecule has 0 radical (unpaired) electrons. The molecule has 2 saturated heterocycles. The molecule has 2 fully saturated rings. The number of pyridine rings is 1. The Bertz CT molecular complexity index is 1580. The molecule has 0 aliphatic carbocycles. The predicted molar refractivity (Wildman–Crippen MR) is 152 cm³/mol. The highest BCUT2D eigenvalue weighted by Gasteiger charge is 2.29. The number of hydrogen-bond donors (Lipinski definition) is 1. The highest BCUT2D eigenvalue weighted by molar-refractivity contribution is 5.83. The van der Waals surface area contributed by atoms with Gasteiger partial charge in [-0.25, -0.2) is 18.9 Å². The molecule has 11 heteroatoms. The van der Waals surface area contributed by atoms with Gasteiger partial charge in [-0.05, 0) is 54.8 Å². The Hall–Kier alpha value is -4.54. The molecular weight excluding hydrogens is 525 g/mol. The first kappa shape index (κ1) is 26.7. The van der Waals surface area contributed by atoms with Crippen LogP contribution >= 0.6 is 0 Å². The third kappa shape index (κ3) is 5.44. The highest BCUT2D eigenvalue weighted by Crippen LogP contribution is 2.35. The molecule has 1 amide bonds. The van der Waals surface area contributed by atoms with Crippen LogP contribution in [0, 0.1) is 11.7 Å². The summed E-state index contributed by atoms with van der Waals surface area (Å²) in [5, 5.41) is 14.0. The number of carboxylic acid groups (broad SMARTS) is 1. The first-order valence-electron chi connectivity index (χ1n) is 14.0. The van der Waals surface area contributed by atoms with Crippen molar-refractivity contribution in [2.45, 2.75) is 32.2 Å². The van der Waals surface area contributed by atoms with E-state index in [1.165, 1.54) is 6.07 Å². The number of carboxylic acids is 1. The molecule has 2 aliphatic heterocycles. The zero-order valence-corrected chi connectivity index (χ0v) is 22.9. The molecule has 4 aromatic rings. The van der Waals surface area contributed by atoms with Crippen LogP contribution in [0.3, 0.4) is 0 Å². The second kappa shape index (κ2) is 11.1. The molecule has 10 nitrogen and oxygen atoms in total. The normalized spacial score (nSPS) is 18.2. The van der Waals surface area contributed by atoms with E-state index in [9.17, 15) is 14.0 Å². The summed E-state index contributed by atoms with van der Waals surface area (Å²) in [6.07, 6.45) is 3.53. The number of carbonyl (C=O) groups excluding carboxylic acids is 1. The molecule has 1 N–H and O–H groups in total. The Morgan fingerprint density at radius 1 is 1.02 bits per heavy atom. The number of aromatic nitrogens is 4. The van der Waals surface area contributed by atoms with Crippen LogP contribution < -0.4 is 9.80 Å². The lowest BCUT2D eigenvalue weighted by molar-refractivity contribution is -0.144. The van der Waals surface area contributed by atoms with E-state index in [2.05, 4.69) is 14.8 Å². The number of benzene rings is 1. The average Bonchev–Trinajstić information content (AvgIpc) is 3.64. The molecular formula is C30H32FN7O3. The number of imidazole rings is 1. The Kier molecular flexibility index (Phi) is 7.25. The minimum absolute atomic E-state index is 0.0572. The van der Waals surface area contributed by atoms with Gasteiger partial charge in [-0.2, -0.15) is 0 Å². The molecule has 0 bridgehead atoms. The molecule has 0 saturated carbocycles. The fourth-order valence-corrected chi connectivity index (χ4v) is 5.85. The van der Waals surface area contributed by atoms with Crippen LogP contribution in [0.1, 0.15) is 37.8 Å². The van der Waals surface area contributed by atoms with Crippen LogP contribution in [-0.4, -0.2) is 74.2 Å². The predicted octanol–water partition coefficient (Wildman–Crippen LogP) is 4.03. The van der Waals surface area contributed by atoms with Gasteiger partial charge in [-0.1, -0.05) is 25.1 Å². The third-order valence-electron chi connectivity index (χ3n) is 7.94. The van der Waals surface area contributed by atoms with Crippen molar-refractivity contribution >= 4 is 29.2 Å². The number of halogens is 1. The molecule has 212 valence electrons. The van der Waals surface area contributed by atoms with E-state index in [1.807, 2.05) is 40.9 Å². The summed E-state index contributed by atoms with van der Waals surface area (Å²) in [6, 6.07) is 16.6. The van der Waals surface area contributed by atoms with Crippen molar-refractivity contribution < 1.29 is 19.1 Å². The molecule has 0 spiro atoms. The maximum Gasteiger partial charge on any atom is 0.304 e. The van der Waals surface area contributed by atoms with E-state index in [0.717, 1.165) is 48.0 Å². The second-order valence-electron chi connectivity index (χ2n) is 10.7. The fraction of sp³-hybridized carbons (Fsp3) is 0.367. The fourth-order valence-electron chi connectivity index (χ4n) is 5.85. The van der Waals surface area contributed by atoms with Crippen LogP contribution in [0.15, 0.2) is 60.8 Å². The lowest BCUT2D eigenvalue weighted by Crippen LogP contribution is -2.50. The van der Waals surface area contributed by atoms with Crippen LogP contribution in [0.25, 0.3) is 17.0 Å². The van der Waals surface area contributed by atoms with Crippen molar-refractivity contribution in [3.63, 3.8) is 0 Å². The van der Waals surface area contributed by atoms with Crippen LogP contribution in [0.5, 0.6) is 0 Å². The summed E-state index contributed by atoms with van der Waals surface area (Å²) in [5.74, 6) is -0.271. The molecule has 41 heavy (non-hydrogen) atoms. The molecule has 2 atom stereocenters. The number of aliphatic carboxylic acids is 1. The van der Waals surface area contributed by atoms with Gasteiger partial charge in [0, 0.05) is 38.6 Å². The maximum atomic E-state index is 14.0. The zero-order chi connectivity index (χ0) is 28.5. The molecule has 3 aromatic heterocycles. The number of rotatable bonds is 7. The first-order chi connectivity index (χ1) is 19.9. The minimum Gasteiger partial charge on any atom is -0.481 e. The Morgan fingerprint density at radius 2 is 1.83 bits per heavy atom. The lowest BCUT2D eigenvalue weighted by Gasteiger charge is -2.36. The van der Waals surface area contributed by atoms with E-state index >= 15 is 0 Å². The lowest BCUT2D eigenvalue weighted by atomic mass is 10.0. The quantitative estimate of drug-likeness (QED) is 0.363. The van der Waals surface area contributed by atoms with Crippen molar-refractivity contribution in [2.75, 3.05) is 42.5 Å². The van der Waals surface area contributed by atoms with Gasteiger partial charge in [0.25, 0.3) is 0 Å². The first-order valence-corrected chi connectivity index (χ1v) is 14.0. The molecule has 1 aromatic carbocycles. The van der Waals surface area contributed by atoms with Gasteiger partial charge in [-0.15, -0.1) is 5.10 Å². The number of nitrogens with zero attached hydrogens (tertiary/aromatic N) is 7. The highest BCUT2D eigenvalue weighted by atomic mass is 19.1. The summed E-state index contributed by atoms with van der Waals surface area (Å²) < 4.78 is 15.8. The van der Waals surface area contributed by atoms with E-state index in [4.69, 9.17) is 15.2 Å². The Morgan fingerprint density at radius 3 is 2.61 bits per heavy atom. The topological polar surface area (TPSA) is 107 Å². The van der Waals surface area contributed by atoms with Gasteiger partial charge in [0.1, 0.15) is 23.1 Å². The molecule has 5 heterocycles. The van der Waals surface area contributed by atoms with E-state index in [0.29, 0.717) is 31.8 Å². The van der Waals surface area contributed by atoms with Crippen LogP contribution in [0.4, 0.5) is 16.0 Å². The molecule has 6 rings (SSSR count). The molecule has 2 aliphatic rings. The summed E-state index contributed by atoms with van der Waals surface area (Å²) in [4.78, 5) is 39.2. The summed E-state index contributed by atoms with van der Waals surface area (Å²) in [6.45, 7) is 4.73. The van der Waals surface area contributed by atoms with Gasteiger partial charge < -0.3 is 19.8 Å². The smallest absolute Gasteiger partial charge is 0.304 e. The number of carbonyl (C=O) groups is 2. The van der Waals surface area contributed by atoms with Gasteiger partial charge in [0.15, 0.2) is 5.65 Å². The third-order valence-corrected chi connectivity index (χ3v) is 7.94. The van der Waals surface area contributed by atoms with E-state index in [1.54, 1.807) is 30.2 Å². The summed E-state index contributed by atoms with van der Waals surface area (Å²) in [7, 11) is 0. The van der Waals surface area contributed by atoms with Crippen molar-refractivity contribution in [1.82, 2.24) is 24.5 Å². The number of piperazine rings is 1. The van der Waals surface area contributed by atoms with Crippen molar-refractivity contribution in [2.24, 2.45) is 5.92 Å². The zero-order valence-electron chi connectivity index (χ0n) is 22.9. The van der Waals surface area contributed by atoms with Gasteiger partial charge in [0.2, 0.25) is 5.91 Å². The Balaban J connectivity index is 1.21. The summed E-state index contributed by atoms with van der Waals surface area (Å²) in [5.41, 5.74) is 3.15. The largest absolute Gasteiger partial charge is 0.481 e. The number of hydrogen-bond acceptors (Lipinski definition) is 7. The maximum absolute atomic E-state index is 14.0. The number of anilines is 2. The molecule has 1 unspecified atom stereocenters. The summed E-state index contributed by atoms with van der Waals surface area (Å²) >= 11 is 0. The SMILES string of the molecule is CC(CC(=O)O)C(=O)N1CCN(c2cccc(-c3cnc4ccc(N5CCC[C@@H]5c5cccc(F)c5)nn34)n2)CC1. The van der Waals surface area contributed by atoms with Gasteiger partial charge >= 0.3 is 5.97 Å². The van der Waals surface area contributed by atoms with E-state index in [-0.39, 0.29) is 24.2 Å². The monoisotopic (exact) mass is 557 g/mol. The Labute approximate surface area is 237 Å². The van der Waals surface area contributed by atoms with Crippen LogP contribution in [-0.2, 0) is 9.59 Å². The van der Waals surface area contributed by atoms with Gasteiger partial charge in [-0.3, -0.25) is 9.59 Å². The number of amides is 1.